The van der Waals surface area contributed by atoms with Crippen molar-refractivity contribution in [3.05, 3.63) is 129 Å². The molecule has 0 heterocycles. The van der Waals surface area contributed by atoms with Gasteiger partial charge in [-0.15, -0.1) is 0 Å². The molecule has 0 fully saturated rings. The number of benzene rings is 4. The molecular weight excluding hydrogens is 526 g/mol. The molecule has 1 aliphatic rings. The van der Waals surface area contributed by atoms with Gasteiger partial charge in [0.1, 0.15) is 12.6 Å². The number of carboxylic acid groups (broad SMARTS) is 1. The van der Waals surface area contributed by atoms with E-state index in [9.17, 15) is 24.5 Å². The highest BCUT2D eigenvalue weighted by Gasteiger charge is 2.30. The van der Waals surface area contributed by atoms with Gasteiger partial charge in [-0.05, 0) is 52.1 Å². The SMILES string of the molecule is O=C(NC(Cc1ccc([N+](=O)[O-])cc1)C(=O)Nc1ccc(C(=O)O)cc1)OCC1c2ccccc2-c2ccccc21. The molecule has 1 aliphatic carbocycles. The average Bonchev–Trinajstić information content (AvgIpc) is 3.30. The summed E-state index contributed by atoms with van der Waals surface area (Å²) in [5.41, 5.74) is 5.14. The number of nitro groups is 1. The summed E-state index contributed by atoms with van der Waals surface area (Å²) in [7, 11) is 0. The summed E-state index contributed by atoms with van der Waals surface area (Å²) < 4.78 is 5.62. The highest BCUT2D eigenvalue weighted by Crippen LogP contribution is 2.44. The van der Waals surface area contributed by atoms with Gasteiger partial charge in [-0.1, -0.05) is 60.7 Å². The molecule has 2 amide bonds. The maximum Gasteiger partial charge on any atom is 0.407 e. The molecule has 4 aromatic rings. The van der Waals surface area contributed by atoms with Crippen LogP contribution < -0.4 is 10.6 Å². The van der Waals surface area contributed by atoms with E-state index >= 15 is 0 Å². The van der Waals surface area contributed by atoms with E-state index in [-0.39, 0.29) is 30.2 Å². The number of hydrogen-bond donors (Lipinski definition) is 3. The van der Waals surface area contributed by atoms with Crippen LogP contribution in [0.25, 0.3) is 11.1 Å². The van der Waals surface area contributed by atoms with E-state index in [1.54, 1.807) is 0 Å². The summed E-state index contributed by atoms with van der Waals surface area (Å²) in [4.78, 5) is 47.8. The van der Waals surface area contributed by atoms with E-state index in [1.165, 1.54) is 48.5 Å². The predicted octanol–water partition coefficient (Wildman–Crippen LogP) is 5.38. The summed E-state index contributed by atoms with van der Waals surface area (Å²) in [5.74, 6) is -1.83. The van der Waals surface area contributed by atoms with Gasteiger partial charge in [0.15, 0.2) is 0 Å². The van der Waals surface area contributed by atoms with Crippen LogP contribution in [0.1, 0.15) is 33.0 Å². The molecule has 10 nitrogen and oxygen atoms in total. The number of carbonyl (C=O) groups is 3. The standard InChI is InChI=1S/C31H25N3O7/c35-29(32-21-13-11-20(12-14-21)30(36)37)28(17-19-9-15-22(16-10-19)34(39)40)33-31(38)41-18-27-25-7-3-1-5-23(25)24-6-2-4-8-26(24)27/h1-16,27-28H,17-18H2,(H,32,35)(H,33,38)(H,36,37). The number of aromatic carboxylic acids is 1. The molecule has 3 N–H and O–H groups in total. The zero-order valence-corrected chi connectivity index (χ0v) is 21.7. The van der Waals surface area contributed by atoms with E-state index in [4.69, 9.17) is 9.84 Å². The number of carboxylic acids is 1. The monoisotopic (exact) mass is 551 g/mol. The minimum absolute atomic E-state index is 0.0290. The quantitative estimate of drug-likeness (QED) is 0.187. The molecule has 1 unspecified atom stereocenters. The van der Waals surface area contributed by atoms with Gasteiger partial charge in [-0.2, -0.15) is 0 Å². The molecule has 4 aromatic carbocycles. The summed E-state index contributed by atoms with van der Waals surface area (Å²) in [6, 6.07) is 26.0. The first-order chi connectivity index (χ1) is 19.8. The zero-order valence-electron chi connectivity index (χ0n) is 21.7. The molecule has 0 aliphatic heterocycles. The molecule has 0 saturated heterocycles. The van der Waals surface area contributed by atoms with E-state index in [0.29, 0.717) is 11.3 Å². The lowest BCUT2D eigenvalue weighted by Gasteiger charge is -2.20. The van der Waals surface area contributed by atoms with E-state index in [0.717, 1.165) is 22.3 Å². The lowest BCUT2D eigenvalue weighted by molar-refractivity contribution is -0.384. The van der Waals surface area contributed by atoms with Crippen molar-refractivity contribution in [3.8, 4) is 11.1 Å². The van der Waals surface area contributed by atoms with Crippen molar-refractivity contribution >= 4 is 29.3 Å². The average molecular weight is 552 g/mol. The Hall–Kier alpha value is -5.51. The van der Waals surface area contributed by atoms with Gasteiger partial charge in [-0.3, -0.25) is 14.9 Å². The molecule has 206 valence electrons. The van der Waals surface area contributed by atoms with E-state index in [1.807, 2.05) is 48.5 Å². The summed E-state index contributed by atoms with van der Waals surface area (Å²) in [5, 5.41) is 25.4. The number of nitro benzene ring substituents is 1. The number of carbonyl (C=O) groups excluding carboxylic acids is 2. The van der Waals surface area contributed by atoms with Crippen LogP contribution in [0.4, 0.5) is 16.2 Å². The zero-order chi connectivity index (χ0) is 28.9. The van der Waals surface area contributed by atoms with Crippen molar-refractivity contribution in [2.24, 2.45) is 0 Å². The first kappa shape index (κ1) is 27.1. The summed E-state index contributed by atoms with van der Waals surface area (Å²) >= 11 is 0. The Bertz CT molecular complexity index is 1570. The molecule has 0 spiro atoms. The van der Waals surface area contributed by atoms with Gasteiger partial charge in [0.05, 0.1) is 10.5 Å². The third-order valence-corrected chi connectivity index (χ3v) is 6.94. The van der Waals surface area contributed by atoms with Crippen LogP contribution in [-0.2, 0) is 16.0 Å². The maximum atomic E-state index is 13.2. The first-order valence-corrected chi connectivity index (χ1v) is 12.8. The molecule has 0 bridgehead atoms. The van der Waals surface area contributed by atoms with Crippen molar-refractivity contribution in [2.45, 2.75) is 18.4 Å². The van der Waals surface area contributed by atoms with Crippen LogP contribution in [0.3, 0.4) is 0 Å². The largest absolute Gasteiger partial charge is 0.478 e. The van der Waals surface area contributed by atoms with Crippen LogP contribution in [-0.4, -0.2) is 40.6 Å². The second kappa shape index (κ2) is 11.7. The minimum Gasteiger partial charge on any atom is -0.478 e. The number of fused-ring (bicyclic) bond motifs is 3. The lowest BCUT2D eigenvalue weighted by Crippen LogP contribution is -2.45. The normalized spacial score (nSPS) is 12.5. The molecule has 0 radical (unpaired) electrons. The van der Waals surface area contributed by atoms with Crippen LogP contribution in [0.15, 0.2) is 97.1 Å². The summed E-state index contributed by atoms with van der Waals surface area (Å²) in [6.07, 6.45) is -0.767. The highest BCUT2D eigenvalue weighted by atomic mass is 16.6. The Labute approximate surface area is 234 Å². The minimum atomic E-state index is -1.10. The van der Waals surface area contributed by atoms with Crippen molar-refractivity contribution in [3.63, 3.8) is 0 Å². The predicted molar refractivity (Wildman–Crippen MR) is 151 cm³/mol. The van der Waals surface area contributed by atoms with Crippen LogP contribution in [0.5, 0.6) is 0 Å². The molecular formula is C31H25N3O7. The van der Waals surface area contributed by atoms with Crippen LogP contribution in [0, 0.1) is 10.1 Å². The number of nitrogens with zero attached hydrogens (tertiary/aromatic N) is 1. The smallest absolute Gasteiger partial charge is 0.407 e. The third kappa shape index (κ3) is 6.06. The number of non-ortho nitro benzene ring substituents is 1. The van der Waals surface area contributed by atoms with Gasteiger partial charge in [0.25, 0.3) is 5.69 Å². The molecule has 5 rings (SSSR count). The topological polar surface area (TPSA) is 148 Å². The fraction of sp³-hybridized carbons (Fsp3) is 0.129. The number of rotatable bonds is 9. The highest BCUT2D eigenvalue weighted by molar-refractivity contribution is 5.97. The summed E-state index contributed by atoms with van der Waals surface area (Å²) in [6.45, 7) is 0.0579. The Morgan fingerprint density at radius 1 is 0.854 bits per heavy atom. The molecule has 10 heteroatoms. The van der Waals surface area contributed by atoms with Crippen molar-refractivity contribution in [2.75, 3.05) is 11.9 Å². The number of anilines is 1. The number of ether oxygens (including phenoxy) is 1. The lowest BCUT2D eigenvalue weighted by atomic mass is 9.98. The van der Waals surface area contributed by atoms with Gasteiger partial charge >= 0.3 is 12.1 Å². The molecule has 0 saturated carbocycles. The molecule has 1 atom stereocenters. The Balaban J connectivity index is 1.30. The maximum absolute atomic E-state index is 13.2. The number of amides is 2. The van der Waals surface area contributed by atoms with Crippen LogP contribution in [0.2, 0.25) is 0 Å². The van der Waals surface area contributed by atoms with Crippen molar-refractivity contribution in [1.82, 2.24) is 5.32 Å². The van der Waals surface area contributed by atoms with Gasteiger partial charge in [0, 0.05) is 30.2 Å². The van der Waals surface area contributed by atoms with Crippen molar-refractivity contribution in [1.29, 1.82) is 0 Å². The fourth-order valence-corrected chi connectivity index (χ4v) is 4.91. The van der Waals surface area contributed by atoms with Gasteiger partial charge < -0.3 is 20.5 Å². The van der Waals surface area contributed by atoms with Crippen molar-refractivity contribution < 1.29 is 29.2 Å². The molecule has 0 aromatic heterocycles. The third-order valence-electron chi connectivity index (χ3n) is 6.94. The van der Waals surface area contributed by atoms with Gasteiger partial charge in [0.2, 0.25) is 5.91 Å². The number of alkyl carbamates (subject to hydrolysis) is 1. The number of nitrogens with one attached hydrogen (secondary N) is 2. The van der Waals surface area contributed by atoms with E-state index in [2.05, 4.69) is 10.6 Å². The second-order valence-corrected chi connectivity index (χ2v) is 9.52. The fourth-order valence-electron chi connectivity index (χ4n) is 4.91. The number of hydrogen-bond acceptors (Lipinski definition) is 6. The Morgan fingerprint density at radius 3 is 2.00 bits per heavy atom. The first-order valence-electron chi connectivity index (χ1n) is 12.8. The molecule has 41 heavy (non-hydrogen) atoms. The van der Waals surface area contributed by atoms with Gasteiger partial charge in [-0.25, -0.2) is 9.59 Å². The second-order valence-electron chi connectivity index (χ2n) is 9.52. The van der Waals surface area contributed by atoms with Crippen LogP contribution >= 0.6 is 0 Å². The van der Waals surface area contributed by atoms with E-state index < -0.39 is 28.9 Å². The Morgan fingerprint density at radius 2 is 1.44 bits per heavy atom. The Kier molecular flexibility index (Phi) is 7.73.